The van der Waals surface area contributed by atoms with Gasteiger partial charge in [-0.25, -0.2) is 0 Å². The largest absolute Gasteiger partial charge is 0.311 e. The van der Waals surface area contributed by atoms with Crippen LogP contribution in [0, 0.1) is 0 Å². The van der Waals surface area contributed by atoms with E-state index in [1.807, 2.05) is 0 Å². The van der Waals surface area contributed by atoms with Gasteiger partial charge in [-0.1, -0.05) is 78.1 Å². The Morgan fingerprint density at radius 1 is 0.842 bits per heavy atom. The molecular formula is C18H37N. The highest BCUT2D eigenvalue weighted by molar-refractivity contribution is 4.76. The Hall–Kier alpha value is -0.0400. The Labute approximate surface area is 121 Å². The van der Waals surface area contributed by atoms with E-state index in [0.717, 1.165) is 12.1 Å². The molecule has 1 N–H and O–H groups in total. The van der Waals surface area contributed by atoms with Crippen LogP contribution in [0.4, 0.5) is 0 Å². The molecule has 1 fully saturated rings. The van der Waals surface area contributed by atoms with Gasteiger partial charge in [0.1, 0.15) is 0 Å². The van der Waals surface area contributed by atoms with E-state index in [0.29, 0.717) is 0 Å². The van der Waals surface area contributed by atoms with E-state index in [1.165, 1.54) is 89.9 Å². The van der Waals surface area contributed by atoms with Gasteiger partial charge in [-0.05, 0) is 25.7 Å². The molecule has 0 aliphatic heterocycles. The Morgan fingerprint density at radius 3 is 2.11 bits per heavy atom. The fourth-order valence-corrected chi connectivity index (χ4v) is 3.36. The number of unbranched alkanes of at least 4 members (excludes halogenated alkanes) is 6. The van der Waals surface area contributed by atoms with Gasteiger partial charge in [0.25, 0.3) is 0 Å². The molecule has 19 heavy (non-hydrogen) atoms. The molecule has 1 heteroatoms. The first-order chi connectivity index (χ1) is 9.36. The lowest BCUT2D eigenvalue weighted by Gasteiger charge is -2.28. The molecule has 1 aliphatic rings. The summed E-state index contributed by atoms with van der Waals surface area (Å²) in [4.78, 5) is 0. The highest BCUT2D eigenvalue weighted by atomic mass is 14.9. The van der Waals surface area contributed by atoms with Crippen LogP contribution >= 0.6 is 0 Å². The van der Waals surface area contributed by atoms with E-state index >= 15 is 0 Å². The Morgan fingerprint density at radius 2 is 1.47 bits per heavy atom. The van der Waals surface area contributed by atoms with Crippen LogP contribution < -0.4 is 5.32 Å². The van der Waals surface area contributed by atoms with E-state index in [2.05, 4.69) is 19.2 Å². The molecule has 0 saturated heterocycles. The third-order valence-electron chi connectivity index (χ3n) is 4.73. The maximum Gasteiger partial charge on any atom is 0.00696 e. The van der Waals surface area contributed by atoms with Crippen LogP contribution in [0.5, 0.6) is 0 Å². The van der Waals surface area contributed by atoms with Gasteiger partial charge in [-0.2, -0.15) is 0 Å². The number of hydrogen-bond donors (Lipinski definition) is 1. The molecule has 114 valence electrons. The minimum Gasteiger partial charge on any atom is -0.311 e. The first kappa shape index (κ1) is 17.0. The summed E-state index contributed by atoms with van der Waals surface area (Å²) in [5.74, 6) is 0. The lowest BCUT2D eigenvalue weighted by molar-refractivity contribution is 0.317. The van der Waals surface area contributed by atoms with Crippen LogP contribution in [-0.4, -0.2) is 12.1 Å². The number of nitrogens with one attached hydrogen (secondary N) is 1. The Balaban J connectivity index is 1.98. The fourth-order valence-electron chi connectivity index (χ4n) is 3.36. The summed E-state index contributed by atoms with van der Waals surface area (Å²) in [6.45, 7) is 4.64. The molecule has 1 rings (SSSR count). The van der Waals surface area contributed by atoms with Crippen molar-refractivity contribution in [3.8, 4) is 0 Å². The Bertz CT molecular complexity index is 184. The van der Waals surface area contributed by atoms with Gasteiger partial charge in [0, 0.05) is 12.1 Å². The van der Waals surface area contributed by atoms with Gasteiger partial charge in [0.05, 0.1) is 0 Å². The zero-order valence-electron chi connectivity index (χ0n) is 13.6. The van der Waals surface area contributed by atoms with Crippen molar-refractivity contribution in [1.82, 2.24) is 5.32 Å². The van der Waals surface area contributed by atoms with Gasteiger partial charge in [0.2, 0.25) is 0 Å². The standard InChI is InChI=1S/C18H37N/c1-3-5-6-7-8-9-11-14-17(4-2)19-18-15-12-10-13-16-18/h17-19H,3-16H2,1-2H3. The number of rotatable bonds is 11. The second kappa shape index (κ2) is 11.8. The summed E-state index contributed by atoms with van der Waals surface area (Å²) in [6.07, 6.45) is 20.0. The van der Waals surface area contributed by atoms with Crippen LogP contribution in [0.25, 0.3) is 0 Å². The summed E-state index contributed by atoms with van der Waals surface area (Å²) in [6, 6.07) is 1.63. The normalized spacial score (nSPS) is 18.6. The lowest BCUT2D eigenvalue weighted by atomic mass is 9.94. The van der Waals surface area contributed by atoms with Crippen molar-refractivity contribution in [2.75, 3.05) is 0 Å². The minimum atomic E-state index is 0.791. The zero-order chi connectivity index (χ0) is 13.8. The van der Waals surface area contributed by atoms with Crippen LogP contribution in [0.1, 0.15) is 104 Å². The maximum absolute atomic E-state index is 3.92. The van der Waals surface area contributed by atoms with Crippen LogP contribution in [0.15, 0.2) is 0 Å². The van der Waals surface area contributed by atoms with Crippen molar-refractivity contribution in [1.29, 1.82) is 0 Å². The average Bonchev–Trinajstić information content (AvgIpc) is 2.46. The second-order valence-corrected chi connectivity index (χ2v) is 6.52. The predicted molar refractivity (Wildman–Crippen MR) is 86.7 cm³/mol. The highest BCUT2D eigenvalue weighted by Gasteiger charge is 2.16. The van der Waals surface area contributed by atoms with Crippen molar-refractivity contribution >= 4 is 0 Å². The summed E-state index contributed by atoms with van der Waals surface area (Å²) < 4.78 is 0. The van der Waals surface area contributed by atoms with Gasteiger partial charge < -0.3 is 5.32 Å². The van der Waals surface area contributed by atoms with Crippen molar-refractivity contribution < 1.29 is 0 Å². The predicted octanol–water partition coefficient (Wildman–Crippen LogP) is 5.83. The molecule has 1 atom stereocenters. The molecule has 0 amide bonds. The van der Waals surface area contributed by atoms with Crippen LogP contribution in [0.2, 0.25) is 0 Å². The molecule has 0 aromatic heterocycles. The second-order valence-electron chi connectivity index (χ2n) is 6.52. The van der Waals surface area contributed by atoms with Crippen LogP contribution in [-0.2, 0) is 0 Å². The third-order valence-corrected chi connectivity index (χ3v) is 4.73. The van der Waals surface area contributed by atoms with Gasteiger partial charge in [-0.3, -0.25) is 0 Å². The summed E-state index contributed by atoms with van der Waals surface area (Å²) >= 11 is 0. The monoisotopic (exact) mass is 267 g/mol. The number of hydrogen-bond acceptors (Lipinski definition) is 1. The van der Waals surface area contributed by atoms with Crippen molar-refractivity contribution in [3.05, 3.63) is 0 Å². The molecule has 1 nitrogen and oxygen atoms in total. The fraction of sp³-hybridized carbons (Fsp3) is 1.00. The van der Waals surface area contributed by atoms with E-state index in [9.17, 15) is 0 Å². The quantitative estimate of drug-likeness (QED) is 0.464. The van der Waals surface area contributed by atoms with Crippen LogP contribution in [0.3, 0.4) is 0 Å². The zero-order valence-corrected chi connectivity index (χ0v) is 13.6. The molecule has 0 heterocycles. The third kappa shape index (κ3) is 8.68. The molecule has 0 radical (unpaired) electrons. The van der Waals surface area contributed by atoms with E-state index in [-0.39, 0.29) is 0 Å². The summed E-state index contributed by atoms with van der Waals surface area (Å²) in [7, 11) is 0. The molecule has 0 aromatic carbocycles. The first-order valence-corrected chi connectivity index (χ1v) is 9.12. The minimum absolute atomic E-state index is 0.791. The van der Waals surface area contributed by atoms with Gasteiger partial charge in [0.15, 0.2) is 0 Å². The molecular weight excluding hydrogens is 230 g/mol. The Kier molecular flexibility index (Phi) is 10.5. The molecule has 1 saturated carbocycles. The summed E-state index contributed by atoms with van der Waals surface area (Å²) in [5, 5.41) is 3.92. The average molecular weight is 268 g/mol. The molecule has 1 aliphatic carbocycles. The van der Waals surface area contributed by atoms with E-state index in [4.69, 9.17) is 0 Å². The smallest absolute Gasteiger partial charge is 0.00696 e. The van der Waals surface area contributed by atoms with Gasteiger partial charge in [-0.15, -0.1) is 0 Å². The van der Waals surface area contributed by atoms with Crippen molar-refractivity contribution in [2.45, 2.75) is 116 Å². The molecule has 1 unspecified atom stereocenters. The maximum atomic E-state index is 3.92. The highest BCUT2D eigenvalue weighted by Crippen LogP contribution is 2.19. The molecule has 0 bridgehead atoms. The first-order valence-electron chi connectivity index (χ1n) is 9.12. The van der Waals surface area contributed by atoms with Gasteiger partial charge >= 0.3 is 0 Å². The topological polar surface area (TPSA) is 12.0 Å². The van der Waals surface area contributed by atoms with Crippen molar-refractivity contribution in [3.63, 3.8) is 0 Å². The molecule has 0 aromatic rings. The van der Waals surface area contributed by atoms with E-state index < -0.39 is 0 Å². The molecule has 0 spiro atoms. The SMILES string of the molecule is CCCCCCCCCC(CC)NC1CCCCC1. The van der Waals surface area contributed by atoms with Crippen molar-refractivity contribution in [2.24, 2.45) is 0 Å². The lowest BCUT2D eigenvalue weighted by Crippen LogP contribution is -2.39. The summed E-state index contributed by atoms with van der Waals surface area (Å²) in [5.41, 5.74) is 0. The van der Waals surface area contributed by atoms with E-state index in [1.54, 1.807) is 0 Å².